The lowest BCUT2D eigenvalue weighted by atomic mass is 10.1. The highest BCUT2D eigenvalue weighted by Crippen LogP contribution is 2.66. The summed E-state index contributed by atoms with van der Waals surface area (Å²) in [5.74, 6) is 1.67. The van der Waals surface area contributed by atoms with Crippen LogP contribution in [0, 0.1) is 0 Å². The molecule has 0 bridgehead atoms. The first kappa shape index (κ1) is 21.6. The summed E-state index contributed by atoms with van der Waals surface area (Å²) in [5, 5.41) is 4.15. The van der Waals surface area contributed by atoms with Crippen LogP contribution in [0.5, 0.6) is 11.5 Å². The van der Waals surface area contributed by atoms with Crippen molar-refractivity contribution in [1.29, 1.82) is 0 Å². The molecule has 1 atom stereocenters. The summed E-state index contributed by atoms with van der Waals surface area (Å²) in [6, 6.07) is 39.4. The Kier molecular flexibility index (Phi) is 6.46. The zero-order valence-corrected chi connectivity index (χ0v) is 19.8. The first-order chi connectivity index (χ1) is 14.8. The van der Waals surface area contributed by atoms with Crippen LogP contribution in [0.15, 0.2) is 109 Å². The van der Waals surface area contributed by atoms with E-state index in [1.54, 1.807) is 0 Å². The number of rotatable bonds is 5. The van der Waals surface area contributed by atoms with Crippen LogP contribution in [-0.2, 0) is 0 Å². The normalized spacial score (nSPS) is 13.3. The minimum atomic E-state index is -1.99. The maximum atomic E-state index is 5.71. The van der Waals surface area contributed by atoms with Crippen molar-refractivity contribution in [3.8, 4) is 11.5 Å². The molecule has 0 amide bonds. The topological polar surface area (TPSA) is 18.5 Å². The first-order valence-corrected chi connectivity index (χ1v) is 12.1. The van der Waals surface area contributed by atoms with Crippen LogP contribution in [0.3, 0.4) is 0 Å². The van der Waals surface area contributed by atoms with Crippen LogP contribution in [0.2, 0.25) is 0 Å². The third kappa shape index (κ3) is 3.78. The standard InChI is InChI=1S/C27H24O2P.BrH/c1-21(22-17-18-26-27(19-22)29-20-28-26)30(23-11-5-2-6-12-23,24-13-7-3-8-14-24)25-15-9-4-10-16-25;/h2-19,21H,20H2,1H3;1H/q+1;/p-1. The lowest BCUT2D eigenvalue weighted by Gasteiger charge is -2.33. The second-order valence-corrected chi connectivity index (χ2v) is 11.3. The van der Waals surface area contributed by atoms with E-state index < -0.39 is 7.26 Å². The molecule has 4 heteroatoms. The van der Waals surface area contributed by atoms with E-state index >= 15 is 0 Å². The molecule has 0 fully saturated rings. The number of ether oxygens (including phenoxy) is 2. The Labute approximate surface area is 195 Å². The van der Waals surface area contributed by atoms with Gasteiger partial charge in [-0.05, 0) is 61.0 Å². The number of hydrogen-bond donors (Lipinski definition) is 0. The first-order valence-electron chi connectivity index (χ1n) is 10.3. The van der Waals surface area contributed by atoms with Crippen molar-refractivity contribution in [3.05, 3.63) is 115 Å². The fraction of sp³-hybridized carbons (Fsp3) is 0.111. The van der Waals surface area contributed by atoms with E-state index in [4.69, 9.17) is 9.47 Å². The lowest BCUT2D eigenvalue weighted by molar-refractivity contribution is -0.00000735. The SMILES string of the molecule is CC(c1ccc2c(c1)OCO2)[P+](c1ccccc1)(c1ccccc1)c1ccccc1.[Br-]. The zero-order valence-electron chi connectivity index (χ0n) is 17.3. The highest BCUT2D eigenvalue weighted by molar-refractivity contribution is 7.95. The molecule has 0 saturated heterocycles. The van der Waals surface area contributed by atoms with Gasteiger partial charge in [0.2, 0.25) is 6.79 Å². The molecule has 4 aromatic carbocycles. The molecular weight excluding hydrogens is 467 g/mol. The molecule has 0 aromatic heterocycles. The molecule has 0 N–H and O–H groups in total. The van der Waals surface area contributed by atoms with Gasteiger partial charge in [0.15, 0.2) is 11.5 Å². The molecule has 0 radical (unpaired) electrons. The second kappa shape index (κ2) is 9.26. The van der Waals surface area contributed by atoms with Gasteiger partial charge in [0.1, 0.15) is 28.8 Å². The van der Waals surface area contributed by atoms with Crippen molar-refractivity contribution in [2.24, 2.45) is 0 Å². The Bertz CT molecular complexity index is 1040. The van der Waals surface area contributed by atoms with Crippen molar-refractivity contribution in [1.82, 2.24) is 0 Å². The van der Waals surface area contributed by atoms with Crippen molar-refractivity contribution >= 4 is 23.2 Å². The maximum Gasteiger partial charge on any atom is 0.231 e. The summed E-state index contributed by atoms with van der Waals surface area (Å²) in [5.41, 5.74) is 1.53. The predicted molar refractivity (Wildman–Crippen MR) is 126 cm³/mol. The fourth-order valence-electron chi connectivity index (χ4n) is 4.50. The molecule has 1 aliphatic rings. The van der Waals surface area contributed by atoms with Gasteiger partial charge in [0, 0.05) is 0 Å². The fourth-order valence-corrected chi connectivity index (χ4v) is 9.28. The third-order valence-electron chi connectivity index (χ3n) is 5.95. The zero-order chi connectivity index (χ0) is 20.4. The Morgan fingerprint density at radius 1 is 0.613 bits per heavy atom. The lowest BCUT2D eigenvalue weighted by Crippen LogP contribution is -3.00. The highest BCUT2D eigenvalue weighted by atomic mass is 79.9. The van der Waals surface area contributed by atoms with E-state index in [2.05, 4.69) is 110 Å². The largest absolute Gasteiger partial charge is 1.00 e. The van der Waals surface area contributed by atoms with Gasteiger partial charge in [-0.2, -0.15) is 0 Å². The van der Waals surface area contributed by atoms with Crippen molar-refractivity contribution in [3.63, 3.8) is 0 Å². The molecule has 31 heavy (non-hydrogen) atoms. The van der Waals surface area contributed by atoms with Gasteiger partial charge in [-0.3, -0.25) is 0 Å². The van der Waals surface area contributed by atoms with Gasteiger partial charge in [-0.15, -0.1) is 0 Å². The van der Waals surface area contributed by atoms with Crippen LogP contribution in [0.25, 0.3) is 0 Å². The molecule has 4 aromatic rings. The molecule has 1 heterocycles. The molecule has 0 spiro atoms. The van der Waals surface area contributed by atoms with E-state index in [9.17, 15) is 0 Å². The number of fused-ring (bicyclic) bond motifs is 1. The van der Waals surface area contributed by atoms with Crippen molar-refractivity contribution in [2.45, 2.75) is 12.6 Å². The van der Waals surface area contributed by atoms with Crippen molar-refractivity contribution < 1.29 is 26.5 Å². The van der Waals surface area contributed by atoms with Crippen LogP contribution in [-0.4, -0.2) is 6.79 Å². The van der Waals surface area contributed by atoms with E-state index in [-0.39, 0.29) is 22.6 Å². The van der Waals surface area contributed by atoms with Gasteiger partial charge in [-0.25, -0.2) is 0 Å². The predicted octanol–water partition coefficient (Wildman–Crippen LogP) is 2.47. The monoisotopic (exact) mass is 490 g/mol. The van der Waals surface area contributed by atoms with Gasteiger partial charge >= 0.3 is 0 Å². The van der Waals surface area contributed by atoms with Crippen LogP contribution in [0.4, 0.5) is 0 Å². The Hall–Kier alpha value is -2.61. The summed E-state index contributed by atoms with van der Waals surface area (Å²) in [6.07, 6.45) is 0. The Morgan fingerprint density at radius 3 is 1.55 bits per heavy atom. The third-order valence-corrected chi connectivity index (χ3v) is 10.7. The van der Waals surface area contributed by atoms with E-state index in [1.807, 2.05) is 6.07 Å². The minimum absolute atomic E-state index is 0. The molecule has 1 aliphatic heterocycles. The van der Waals surface area contributed by atoms with Gasteiger partial charge < -0.3 is 26.5 Å². The van der Waals surface area contributed by atoms with E-state index in [0.29, 0.717) is 6.79 Å². The second-order valence-electron chi connectivity index (χ2n) is 7.52. The van der Waals surface area contributed by atoms with Gasteiger partial charge in [0.25, 0.3) is 0 Å². The Morgan fingerprint density at radius 2 is 1.06 bits per heavy atom. The highest BCUT2D eigenvalue weighted by Gasteiger charge is 2.51. The number of halogens is 1. The minimum Gasteiger partial charge on any atom is -1.00 e. The number of benzene rings is 4. The molecule has 1 unspecified atom stereocenters. The molecule has 2 nitrogen and oxygen atoms in total. The van der Waals surface area contributed by atoms with Crippen LogP contribution >= 0.6 is 7.26 Å². The van der Waals surface area contributed by atoms with E-state index in [1.165, 1.54) is 21.5 Å². The maximum absolute atomic E-state index is 5.71. The van der Waals surface area contributed by atoms with Gasteiger partial charge in [0.05, 0.1) is 0 Å². The quantitative estimate of drug-likeness (QED) is 0.400. The average Bonchev–Trinajstić information content (AvgIpc) is 3.30. The molecular formula is C27H24BrO2P. The molecule has 0 aliphatic carbocycles. The summed E-state index contributed by atoms with van der Waals surface area (Å²) < 4.78 is 11.3. The summed E-state index contributed by atoms with van der Waals surface area (Å²) in [7, 11) is -1.99. The number of hydrogen-bond acceptors (Lipinski definition) is 2. The Balaban J connectivity index is 0.00000231. The summed E-state index contributed by atoms with van der Waals surface area (Å²) in [4.78, 5) is 0. The van der Waals surface area contributed by atoms with Crippen molar-refractivity contribution in [2.75, 3.05) is 6.79 Å². The summed E-state index contributed by atoms with van der Waals surface area (Å²) >= 11 is 0. The smallest absolute Gasteiger partial charge is 0.231 e. The average molecular weight is 491 g/mol. The molecule has 0 saturated carbocycles. The van der Waals surface area contributed by atoms with E-state index in [0.717, 1.165) is 11.5 Å². The molecule has 156 valence electrons. The summed E-state index contributed by atoms with van der Waals surface area (Å²) in [6.45, 7) is 2.65. The van der Waals surface area contributed by atoms with Crippen LogP contribution in [0.1, 0.15) is 18.1 Å². The van der Waals surface area contributed by atoms with Crippen LogP contribution < -0.4 is 42.4 Å². The molecule has 5 rings (SSSR count). The van der Waals surface area contributed by atoms with Gasteiger partial charge in [-0.1, -0.05) is 60.7 Å².